The van der Waals surface area contributed by atoms with Gasteiger partial charge in [-0.3, -0.25) is 9.78 Å². The van der Waals surface area contributed by atoms with Crippen LogP contribution in [0.2, 0.25) is 0 Å². The minimum atomic E-state index is -0.287. The number of ether oxygens (including phenoxy) is 1. The van der Waals surface area contributed by atoms with Crippen LogP contribution in [0, 0.1) is 11.3 Å². The molecule has 0 bridgehead atoms. The van der Waals surface area contributed by atoms with E-state index < -0.39 is 0 Å². The van der Waals surface area contributed by atoms with E-state index in [1.807, 2.05) is 6.07 Å². The summed E-state index contributed by atoms with van der Waals surface area (Å²) < 4.78 is 5.19. The van der Waals surface area contributed by atoms with E-state index in [0.29, 0.717) is 28.3 Å². The van der Waals surface area contributed by atoms with Crippen LogP contribution in [0.1, 0.15) is 15.9 Å². The topological polar surface area (TPSA) is 87.0 Å². The number of benzene rings is 1. The van der Waals surface area contributed by atoms with Crippen molar-refractivity contribution in [2.45, 2.75) is 0 Å². The summed E-state index contributed by atoms with van der Waals surface area (Å²) in [7, 11) is 3.20. The Bertz CT molecular complexity index is 707. The lowest BCUT2D eigenvalue weighted by atomic mass is 10.1. The molecule has 1 amide bonds. The smallest absolute Gasteiger partial charge is 0.257 e. The number of methoxy groups -OCH3 is 1. The van der Waals surface area contributed by atoms with E-state index in [0.717, 1.165) is 0 Å². The Balaban J connectivity index is 2.30. The van der Waals surface area contributed by atoms with E-state index in [2.05, 4.69) is 15.6 Å². The molecule has 0 radical (unpaired) electrons. The molecule has 6 nitrogen and oxygen atoms in total. The molecule has 106 valence electrons. The maximum atomic E-state index is 12.3. The van der Waals surface area contributed by atoms with Gasteiger partial charge >= 0.3 is 0 Å². The number of hydrogen-bond acceptors (Lipinski definition) is 5. The molecule has 21 heavy (non-hydrogen) atoms. The first-order chi connectivity index (χ1) is 10.2. The van der Waals surface area contributed by atoms with Gasteiger partial charge in [0.1, 0.15) is 5.75 Å². The fourth-order valence-electron chi connectivity index (χ4n) is 1.85. The van der Waals surface area contributed by atoms with Crippen molar-refractivity contribution in [3.05, 3.63) is 47.8 Å². The number of carbonyl (C=O) groups is 1. The lowest BCUT2D eigenvalue weighted by Crippen LogP contribution is -2.14. The summed E-state index contributed by atoms with van der Waals surface area (Å²) in [6.45, 7) is 0. The van der Waals surface area contributed by atoms with Crippen molar-refractivity contribution in [2.75, 3.05) is 24.8 Å². The Kier molecular flexibility index (Phi) is 4.36. The molecule has 1 aromatic heterocycles. The molecule has 0 fully saturated rings. The van der Waals surface area contributed by atoms with Gasteiger partial charge in [0, 0.05) is 19.3 Å². The minimum Gasteiger partial charge on any atom is -0.495 e. The summed E-state index contributed by atoms with van der Waals surface area (Å²) in [6.07, 6.45) is 3.12. The highest BCUT2D eigenvalue weighted by Crippen LogP contribution is 2.26. The standard InChI is InChI=1S/C15H14N4O2/c1-17-13-9-18-6-5-11(13)15(20)19-12-4-3-10(8-16)7-14(12)21-2/h3-7,9,17H,1-2H3,(H,19,20). The van der Waals surface area contributed by atoms with Crippen LogP contribution in [0.4, 0.5) is 11.4 Å². The van der Waals surface area contributed by atoms with Gasteiger partial charge in [-0.2, -0.15) is 5.26 Å². The third kappa shape index (κ3) is 3.09. The van der Waals surface area contributed by atoms with Crippen molar-refractivity contribution in [3.8, 4) is 11.8 Å². The van der Waals surface area contributed by atoms with Gasteiger partial charge in [-0.15, -0.1) is 0 Å². The van der Waals surface area contributed by atoms with Crippen molar-refractivity contribution >= 4 is 17.3 Å². The van der Waals surface area contributed by atoms with E-state index in [-0.39, 0.29) is 5.91 Å². The fourth-order valence-corrected chi connectivity index (χ4v) is 1.85. The zero-order valence-corrected chi connectivity index (χ0v) is 11.7. The molecular weight excluding hydrogens is 268 g/mol. The summed E-state index contributed by atoms with van der Waals surface area (Å²) in [4.78, 5) is 16.3. The Morgan fingerprint density at radius 3 is 2.81 bits per heavy atom. The molecule has 0 atom stereocenters. The molecule has 1 aromatic carbocycles. The average molecular weight is 282 g/mol. The highest BCUT2D eigenvalue weighted by Gasteiger charge is 2.13. The van der Waals surface area contributed by atoms with Crippen LogP contribution in [-0.2, 0) is 0 Å². The molecule has 2 rings (SSSR count). The lowest BCUT2D eigenvalue weighted by Gasteiger charge is -2.12. The van der Waals surface area contributed by atoms with Crippen LogP contribution < -0.4 is 15.4 Å². The molecular formula is C15H14N4O2. The highest BCUT2D eigenvalue weighted by molar-refractivity contribution is 6.08. The lowest BCUT2D eigenvalue weighted by molar-refractivity contribution is 0.102. The number of aromatic nitrogens is 1. The molecule has 2 N–H and O–H groups in total. The Labute approximate surface area is 122 Å². The second-order valence-electron chi connectivity index (χ2n) is 4.15. The Morgan fingerprint density at radius 2 is 2.14 bits per heavy atom. The van der Waals surface area contributed by atoms with Gasteiger partial charge < -0.3 is 15.4 Å². The number of amides is 1. The van der Waals surface area contributed by atoms with Crippen molar-refractivity contribution in [3.63, 3.8) is 0 Å². The highest BCUT2D eigenvalue weighted by atomic mass is 16.5. The number of carbonyl (C=O) groups excluding carboxylic acids is 1. The second kappa shape index (κ2) is 6.39. The number of pyridine rings is 1. The summed E-state index contributed by atoms with van der Waals surface area (Å²) in [5.41, 5.74) is 2.06. The van der Waals surface area contributed by atoms with Gasteiger partial charge in [0.25, 0.3) is 5.91 Å². The van der Waals surface area contributed by atoms with Crippen LogP contribution >= 0.6 is 0 Å². The molecule has 0 aliphatic heterocycles. The minimum absolute atomic E-state index is 0.287. The van der Waals surface area contributed by atoms with E-state index in [1.165, 1.54) is 7.11 Å². The van der Waals surface area contributed by atoms with Gasteiger partial charge in [-0.1, -0.05) is 0 Å². The van der Waals surface area contributed by atoms with Crippen LogP contribution in [-0.4, -0.2) is 25.0 Å². The molecule has 1 heterocycles. The van der Waals surface area contributed by atoms with Crippen molar-refractivity contribution in [1.82, 2.24) is 4.98 Å². The first-order valence-electron chi connectivity index (χ1n) is 6.21. The number of nitrogens with zero attached hydrogens (tertiary/aromatic N) is 2. The van der Waals surface area contributed by atoms with Gasteiger partial charge in [-0.25, -0.2) is 0 Å². The average Bonchev–Trinajstić information content (AvgIpc) is 2.55. The summed E-state index contributed by atoms with van der Waals surface area (Å²) in [6, 6.07) is 8.46. The predicted molar refractivity (Wildman–Crippen MR) is 79.4 cm³/mol. The van der Waals surface area contributed by atoms with Gasteiger partial charge in [0.2, 0.25) is 0 Å². The first kappa shape index (κ1) is 14.3. The monoisotopic (exact) mass is 282 g/mol. The van der Waals surface area contributed by atoms with E-state index in [9.17, 15) is 4.79 Å². The van der Waals surface area contributed by atoms with Crippen LogP contribution in [0.3, 0.4) is 0 Å². The normalized spacial score (nSPS) is 9.57. The van der Waals surface area contributed by atoms with Gasteiger partial charge in [0.05, 0.1) is 41.9 Å². The molecule has 6 heteroatoms. The maximum absolute atomic E-state index is 12.3. The largest absolute Gasteiger partial charge is 0.495 e. The summed E-state index contributed by atoms with van der Waals surface area (Å²) in [5.74, 6) is 0.146. The third-order valence-electron chi connectivity index (χ3n) is 2.91. The Hall–Kier alpha value is -3.07. The zero-order valence-electron chi connectivity index (χ0n) is 11.7. The fraction of sp³-hybridized carbons (Fsp3) is 0.133. The van der Waals surface area contributed by atoms with Crippen molar-refractivity contribution in [1.29, 1.82) is 5.26 Å². The van der Waals surface area contributed by atoms with Crippen molar-refractivity contribution < 1.29 is 9.53 Å². The number of nitriles is 1. The number of anilines is 2. The molecule has 0 aliphatic rings. The quantitative estimate of drug-likeness (QED) is 0.898. The molecule has 0 spiro atoms. The molecule has 0 saturated heterocycles. The third-order valence-corrected chi connectivity index (χ3v) is 2.91. The number of nitrogens with one attached hydrogen (secondary N) is 2. The second-order valence-corrected chi connectivity index (χ2v) is 4.15. The summed E-state index contributed by atoms with van der Waals surface area (Å²) >= 11 is 0. The SMILES string of the molecule is CNc1cnccc1C(=O)Nc1ccc(C#N)cc1OC. The number of rotatable bonds is 4. The van der Waals surface area contributed by atoms with Crippen LogP contribution in [0.15, 0.2) is 36.7 Å². The zero-order chi connectivity index (χ0) is 15.2. The van der Waals surface area contributed by atoms with Gasteiger partial charge in [0.15, 0.2) is 0 Å². The number of hydrogen-bond donors (Lipinski definition) is 2. The molecule has 2 aromatic rings. The molecule has 0 unspecified atom stereocenters. The Morgan fingerprint density at radius 1 is 1.33 bits per heavy atom. The molecule has 0 aliphatic carbocycles. The summed E-state index contributed by atoms with van der Waals surface area (Å²) in [5, 5.41) is 14.5. The van der Waals surface area contributed by atoms with E-state index in [4.69, 9.17) is 10.00 Å². The predicted octanol–water partition coefficient (Wildman–Crippen LogP) is 2.26. The molecule has 0 saturated carbocycles. The van der Waals surface area contributed by atoms with E-state index in [1.54, 1.807) is 43.7 Å². The van der Waals surface area contributed by atoms with E-state index >= 15 is 0 Å². The van der Waals surface area contributed by atoms with Gasteiger partial charge in [-0.05, 0) is 18.2 Å². The maximum Gasteiger partial charge on any atom is 0.257 e. The van der Waals surface area contributed by atoms with Crippen LogP contribution in [0.5, 0.6) is 5.75 Å². The van der Waals surface area contributed by atoms with Crippen molar-refractivity contribution in [2.24, 2.45) is 0 Å². The first-order valence-corrected chi connectivity index (χ1v) is 6.21. The van der Waals surface area contributed by atoms with Crippen LogP contribution in [0.25, 0.3) is 0 Å².